The van der Waals surface area contributed by atoms with Crippen molar-refractivity contribution < 1.29 is 0 Å². The van der Waals surface area contributed by atoms with Crippen LogP contribution in [0.25, 0.3) is 0 Å². The molecule has 9 heteroatoms. The normalized spacial score (nSPS) is 12.9. The van der Waals surface area contributed by atoms with Crippen molar-refractivity contribution >= 4 is 55.8 Å². The molecule has 0 atom stereocenters. The van der Waals surface area contributed by atoms with E-state index < -0.39 is 0 Å². The smallest absolute Gasteiger partial charge is 0.254 e. The summed E-state index contributed by atoms with van der Waals surface area (Å²) in [5.41, 5.74) is 0. The van der Waals surface area contributed by atoms with E-state index in [0.29, 0.717) is 4.80 Å². The highest BCUT2D eigenvalue weighted by Gasteiger charge is 2.00. The standard InChI is InChI=1S/C12H8N4OS4/c17-12-16(14-8-10-4-2-6-19-10)11(20-21-12)15-13-7-9-3-1-5-18-9/h1-8H/b13-7+,14-8+,15-11-. The highest BCUT2D eigenvalue weighted by Crippen LogP contribution is 2.05. The van der Waals surface area contributed by atoms with E-state index in [1.165, 1.54) is 15.0 Å². The van der Waals surface area contributed by atoms with E-state index in [4.69, 9.17) is 0 Å². The quantitative estimate of drug-likeness (QED) is 0.405. The van der Waals surface area contributed by atoms with E-state index in [2.05, 4.69) is 15.3 Å². The summed E-state index contributed by atoms with van der Waals surface area (Å²) in [5.74, 6) is 0. The van der Waals surface area contributed by atoms with Crippen molar-refractivity contribution in [3.63, 3.8) is 0 Å². The molecule has 106 valence electrons. The molecule has 0 bridgehead atoms. The Morgan fingerprint density at radius 2 is 1.71 bits per heavy atom. The van der Waals surface area contributed by atoms with Gasteiger partial charge in [0.25, 0.3) is 0 Å². The number of thiophene rings is 2. The number of hydrogen-bond acceptors (Lipinski definition) is 8. The Hall–Kier alpha value is -1.68. The molecule has 3 aromatic heterocycles. The van der Waals surface area contributed by atoms with Gasteiger partial charge in [-0.3, -0.25) is 4.79 Å². The summed E-state index contributed by atoms with van der Waals surface area (Å²) in [6.07, 6.45) is 3.31. The van der Waals surface area contributed by atoms with E-state index in [-0.39, 0.29) is 4.87 Å². The summed E-state index contributed by atoms with van der Waals surface area (Å²) >= 11 is 3.13. The molecule has 3 heterocycles. The van der Waals surface area contributed by atoms with Crippen LogP contribution in [0.4, 0.5) is 0 Å². The van der Waals surface area contributed by atoms with Crippen LogP contribution in [0.5, 0.6) is 0 Å². The van der Waals surface area contributed by atoms with Gasteiger partial charge in [-0.1, -0.05) is 12.1 Å². The van der Waals surface area contributed by atoms with Crippen molar-refractivity contribution in [1.29, 1.82) is 0 Å². The molecular formula is C12H8N4OS4. The van der Waals surface area contributed by atoms with E-state index in [9.17, 15) is 4.79 Å². The third kappa shape index (κ3) is 3.70. The third-order valence-electron chi connectivity index (χ3n) is 2.26. The van der Waals surface area contributed by atoms with Crippen LogP contribution < -0.4 is 9.67 Å². The summed E-state index contributed by atoms with van der Waals surface area (Å²) in [6, 6.07) is 7.76. The lowest BCUT2D eigenvalue weighted by molar-refractivity contribution is 0.808. The van der Waals surface area contributed by atoms with Crippen LogP contribution in [0, 0.1) is 0 Å². The van der Waals surface area contributed by atoms with Crippen LogP contribution >= 0.6 is 43.4 Å². The van der Waals surface area contributed by atoms with Crippen molar-refractivity contribution in [1.82, 2.24) is 4.68 Å². The van der Waals surface area contributed by atoms with E-state index in [0.717, 1.165) is 20.1 Å². The number of rotatable bonds is 4. The van der Waals surface area contributed by atoms with Crippen molar-refractivity contribution in [2.24, 2.45) is 15.3 Å². The van der Waals surface area contributed by atoms with Gasteiger partial charge in [0, 0.05) is 9.75 Å². The van der Waals surface area contributed by atoms with Crippen LogP contribution in [0.2, 0.25) is 0 Å². The predicted molar refractivity (Wildman–Crippen MR) is 91.2 cm³/mol. The molecular weight excluding hydrogens is 344 g/mol. The summed E-state index contributed by atoms with van der Waals surface area (Å²) in [6.45, 7) is 0. The Kier molecular flexibility index (Phi) is 4.65. The molecule has 0 radical (unpaired) electrons. The molecule has 5 nitrogen and oxygen atoms in total. The minimum Gasteiger partial charge on any atom is -0.254 e. The number of nitrogens with zero attached hydrogens (tertiary/aromatic N) is 4. The van der Waals surface area contributed by atoms with Gasteiger partial charge in [-0.25, -0.2) is 0 Å². The fourth-order valence-electron chi connectivity index (χ4n) is 1.36. The zero-order chi connectivity index (χ0) is 14.5. The van der Waals surface area contributed by atoms with Crippen LogP contribution in [0.15, 0.2) is 55.1 Å². The lowest BCUT2D eigenvalue weighted by atomic mass is 10.5. The highest BCUT2D eigenvalue weighted by atomic mass is 32.9. The minimum absolute atomic E-state index is 0.169. The SMILES string of the molecule is O=c1ss/c(=N\N=C\c2cccs2)n1/N=C/c1cccs1. The molecule has 0 aliphatic carbocycles. The Labute approximate surface area is 134 Å². The monoisotopic (exact) mass is 352 g/mol. The molecule has 0 N–H and O–H groups in total. The summed E-state index contributed by atoms with van der Waals surface area (Å²) in [4.78, 5) is 14.0. The summed E-state index contributed by atoms with van der Waals surface area (Å²) in [7, 11) is 2.35. The van der Waals surface area contributed by atoms with Gasteiger partial charge in [-0.2, -0.15) is 14.9 Å². The molecule has 21 heavy (non-hydrogen) atoms. The molecule has 0 saturated carbocycles. The molecule has 3 aromatic rings. The molecule has 0 amide bonds. The van der Waals surface area contributed by atoms with Crippen LogP contribution in [-0.4, -0.2) is 17.1 Å². The Bertz CT molecular complexity index is 865. The van der Waals surface area contributed by atoms with Crippen molar-refractivity contribution in [3.8, 4) is 0 Å². The van der Waals surface area contributed by atoms with Gasteiger partial charge in [-0.05, 0) is 43.6 Å². The Balaban J connectivity index is 1.88. The molecule has 0 fully saturated rings. The summed E-state index contributed by atoms with van der Waals surface area (Å²) < 4.78 is 1.26. The van der Waals surface area contributed by atoms with E-state index in [1.807, 2.05) is 35.0 Å². The van der Waals surface area contributed by atoms with Gasteiger partial charge in [-0.15, -0.1) is 27.8 Å². The van der Waals surface area contributed by atoms with Gasteiger partial charge >= 0.3 is 4.87 Å². The first-order valence-corrected chi connectivity index (χ1v) is 9.64. The largest absolute Gasteiger partial charge is 0.340 e. The van der Waals surface area contributed by atoms with Crippen molar-refractivity contribution in [3.05, 3.63) is 59.2 Å². The van der Waals surface area contributed by atoms with Crippen LogP contribution in [0.1, 0.15) is 9.75 Å². The Morgan fingerprint density at radius 1 is 1.00 bits per heavy atom. The summed E-state index contributed by atoms with van der Waals surface area (Å²) in [5, 5.41) is 16.2. The van der Waals surface area contributed by atoms with Gasteiger partial charge in [0.2, 0.25) is 4.80 Å². The van der Waals surface area contributed by atoms with Gasteiger partial charge in [0.05, 0.1) is 12.4 Å². The molecule has 0 aliphatic rings. The maximum Gasteiger partial charge on any atom is 0.340 e. The van der Waals surface area contributed by atoms with Crippen LogP contribution in [-0.2, 0) is 0 Å². The van der Waals surface area contributed by atoms with E-state index >= 15 is 0 Å². The molecule has 0 spiro atoms. The topological polar surface area (TPSA) is 59.1 Å². The molecule has 0 saturated heterocycles. The first-order valence-electron chi connectivity index (χ1n) is 5.73. The molecule has 0 unspecified atom stereocenters. The second-order valence-corrected chi connectivity index (χ2v) is 7.65. The van der Waals surface area contributed by atoms with Crippen LogP contribution in [0.3, 0.4) is 0 Å². The number of aromatic nitrogens is 1. The van der Waals surface area contributed by atoms with Gasteiger partial charge < -0.3 is 0 Å². The van der Waals surface area contributed by atoms with E-state index in [1.54, 1.807) is 35.1 Å². The minimum atomic E-state index is -0.169. The first kappa shape index (κ1) is 14.3. The molecule has 3 rings (SSSR count). The van der Waals surface area contributed by atoms with Gasteiger partial charge in [0.15, 0.2) is 0 Å². The second-order valence-electron chi connectivity index (χ2n) is 3.65. The number of hydrogen-bond donors (Lipinski definition) is 0. The average Bonchev–Trinajstić information content (AvgIpc) is 3.20. The second kappa shape index (κ2) is 6.85. The first-order chi connectivity index (χ1) is 10.3. The molecule has 0 aliphatic heterocycles. The highest BCUT2D eigenvalue weighted by molar-refractivity contribution is 7.67. The fraction of sp³-hybridized carbons (Fsp3) is 0. The average molecular weight is 352 g/mol. The third-order valence-corrected chi connectivity index (χ3v) is 5.80. The lowest BCUT2D eigenvalue weighted by Gasteiger charge is -1.88. The Morgan fingerprint density at radius 3 is 2.38 bits per heavy atom. The maximum atomic E-state index is 11.8. The lowest BCUT2D eigenvalue weighted by Crippen LogP contribution is -2.20. The van der Waals surface area contributed by atoms with Gasteiger partial charge in [0.1, 0.15) is 0 Å². The zero-order valence-electron chi connectivity index (χ0n) is 10.4. The maximum absolute atomic E-state index is 11.8. The van der Waals surface area contributed by atoms with Crippen molar-refractivity contribution in [2.75, 3.05) is 0 Å². The fourth-order valence-corrected chi connectivity index (χ4v) is 4.17. The molecule has 0 aromatic carbocycles. The predicted octanol–water partition coefficient (Wildman–Crippen LogP) is 2.91. The zero-order valence-corrected chi connectivity index (χ0v) is 13.7. The van der Waals surface area contributed by atoms with Crippen molar-refractivity contribution in [2.45, 2.75) is 0 Å².